The largest absolute Gasteiger partial charge is 0.458 e. The molecule has 0 unspecified atom stereocenters. The third-order valence-electron chi connectivity index (χ3n) is 6.12. The van der Waals surface area contributed by atoms with Gasteiger partial charge in [0.25, 0.3) is 0 Å². The first-order chi connectivity index (χ1) is 11.1. The van der Waals surface area contributed by atoms with Gasteiger partial charge in [0.05, 0.1) is 0 Å². The molecule has 3 atom stereocenters. The summed E-state index contributed by atoms with van der Waals surface area (Å²) in [5.41, 5.74) is -1.62. The molecule has 4 rings (SSSR count). The Morgan fingerprint density at radius 1 is 1.26 bits per heavy atom. The van der Waals surface area contributed by atoms with E-state index in [2.05, 4.69) is 23.7 Å². The van der Waals surface area contributed by atoms with E-state index in [0.717, 1.165) is 58.0 Å². The predicted molar refractivity (Wildman–Crippen MR) is 88.6 cm³/mol. The van der Waals surface area contributed by atoms with Gasteiger partial charge in [-0.25, -0.2) is 4.79 Å². The highest BCUT2D eigenvalue weighted by Gasteiger charge is 2.49. The molecule has 0 spiro atoms. The van der Waals surface area contributed by atoms with Gasteiger partial charge in [0, 0.05) is 12.0 Å². The molecule has 0 aromatic carbocycles. The van der Waals surface area contributed by atoms with E-state index in [0.29, 0.717) is 12.0 Å². The molecule has 0 radical (unpaired) electrons. The van der Waals surface area contributed by atoms with Gasteiger partial charge in [0.2, 0.25) is 5.60 Å². The number of esters is 1. The Labute approximate surface area is 139 Å². The summed E-state index contributed by atoms with van der Waals surface area (Å²) in [5.74, 6) is 5.39. The van der Waals surface area contributed by atoms with E-state index in [9.17, 15) is 9.90 Å². The van der Waals surface area contributed by atoms with Gasteiger partial charge in [-0.05, 0) is 58.0 Å². The molecule has 0 aromatic heterocycles. The molecule has 4 nitrogen and oxygen atoms in total. The lowest BCUT2D eigenvalue weighted by molar-refractivity contribution is -0.185. The Hall–Kier alpha value is -1.05. The van der Waals surface area contributed by atoms with Crippen molar-refractivity contribution >= 4 is 5.97 Å². The van der Waals surface area contributed by atoms with Crippen LogP contribution < -0.4 is 0 Å². The van der Waals surface area contributed by atoms with Crippen LogP contribution in [0.15, 0.2) is 0 Å². The fourth-order valence-electron chi connectivity index (χ4n) is 4.83. The summed E-state index contributed by atoms with van der Waals surface area (Å²) < 4.78 is 5.93. The molecule has 1 N–H and O–H groups in total. The number of rotatable bonds is 4. The number of carbonyl (C=O) groups is 1. The van der Waals surface area contributed by atoms with E-state index in [1.165, 1.54) is 0 Å². The SMILES string of the molecule is CC#C[C@](O)(C(=O)O[C@H]1C2CCN(CC2)[C@@H]1CC)C1CCCC1. The number of ether oxygens (including phenoxy) is 1. The molecule has 0 amide bonds. The summed E-state index contributed by atoms with van der Waals surface area (Å²) >= 11 is 0. The first-order valence-electron chi connectivity index (χ1n) is 9.21. The van der Waals surface area contributed by atoms with Gasteiger partial charge in [-0.3, -0.25) is 4.90 Å². The maximum atomic E-state index is 12.9. The lowest BCUT2D eigenvalue weighted by atomic mass is 9.79. The molecule has 4 aliphatic rings. The molecular formula is C19H29NO3. The van der Waals surface area contributed by atoms with Crippen molar-refractivity contribution in [3.05, 3.63) is 0 Å². The fraction of sp³-hybridized carbons (Fsp3) is 0.842. The summed E-state index contributed by atoms with van der Waals surface area (Å²) in [7, 11) is 0. The first kappa shape index (κ1) is 16.8. The second-order valence-corrected chi connectivity index (χ2v) is 7.34. The van der Waals surface area contributed by atoms with Crippen LogP contribution >= 0.6 is 0 Å². The van der Waals surface area contributed by atoms with Gasteiger partial charge in [-0.2, -0.15) is 0 Å². The minimum Gasteiger partial charge on any atom is -0.458 e. The van der Waals surface area contributed by atoms with E-state index in [-0.39, 0.29) is 12.0 Å². The summed E-state index contributed by atoms with van der Waals surface area (Å²) in [4.78, 5) is 15.3. The second-order valence-electron chi connectivity index (χ2n) is 7.34. The molecule has 4 fully saturated rings. The number of fused-ring (bicyclic) bond motifs is 3. The highest BCUT2D eigenvalue weighted by molar-refractivity contribution is 5.84. The monoisotopic (exact) mass is 319 g/mol. The van der Waals surface area contributed by atoms with Crippen molar-refractivity contribution in [3.63, 3.8) is 0 Å². The standard InChI is InChI=1S/C19H29NO3/c1-3-11-19(22,15-7-5-6-8-15)18(21)23-17-14-9-12-20(13-10-14)16(17)4-2/h14-17,22H,4-10,12-13H2,1-2H3/t16-,17+,19-/m1/s1. The van der Waals surface area contributed by atoms with E-state index in [1.807, 2.05) is 0 Å². The van der Waals surface area contributed by atoms with Crippen LogP contribution in [0.4, 0.5) is 0 Å². The summed E-state index contributed by atoms with van der Waals surface area (Å²) in [5, 5.41) is 11.0. The van der Waals surface area contributed by atoms with Crippen LogP contribution in [0.25, 0.3) is 0 Å². The zero-order chi connectivity index (χ0) is 16.4. The molecule has 1 saturated carbocycles. The smallest absolute Gasteiger partial charge is 0.351 e. The highest BCUT2D eigenvalue weighted by Crippen LogP contribution is 2.39. The molecule has 23 heavy (non-hydrogen) atoms. The predicted octanol–water partition coefficient (Wildman–Crippen LogP) is 2.35. The number of aliphatic hydroxyl groups is 1. The van der Waals surface area contributed by atoms with Crippen LogP contribution in [0, 0.1) is 23.7 Å². The Morgan fingerprint density at radius 3 is 2.48 bits per heavy atom. The third kappa shape index (κ3) is 3.02. The summed E-state index contributed by atoms with van der Waals surface area (Å²) in [6, 6.07) is 0.300. The van der Waals surface area contributed by atoms with E-state index in [1.54, 1.807) is 6.92 Å². The highest BCUT2D eigenvalue weighted by atomic mass is 16.6. The van der Waals surface area contributed by atoms with Crippen molar-refractivity contribution in [2.24, 2.45) is 11.8 Å². The maximum Gasteiger partial charge on any atom is 0.351 e. The number of hydrogen-bond donors (Lipinski definition) is 1. The van der Waals surface area contributed by atoms with Crippen LogP contribution in [0.2, 0.25) is 0 Å². The minimum atomic E-state index is -1.62. The van der Waals surface area contributed by atoms with Crippen molar-refractivity contribution in [2.45, 2.75) is 76.5 Å². The van der Waals surface area contributed by atoms with Crippen LogP contribution in [-0.2, 0) is 9.53 Å². The molecule has 3 aliphatic heterocycles. The normalized spacial score (nSPS) is 36.1. The lowest BCUT2D eigenvalue weighted by Gasteiger charge is -2.50. The van der Waals surface area contributed by atoms with Crippen LogP contribution in [0.1, 0.15) is 58.8 Å². The van der Waals surface area contributed by atoms with Crippen molar-refractivity contribution in [2.75, 3.05) is 13.1 Å². The molecule has 128 valence electrons. The summed E-state index contributed by atoms with van der Waals surface area (Å²) in [6.45, 7) is 6.05. The van der Waals surface area contributed by atoms with Gasteiger partial charge in [-0.1, -0.05) is 25.7 Å². The number of nitrogens with zero attached hydrogens (tertiary/aromatic N) is 1. The summed E-state index contributed by atoms with van der Waals surface area (Å²) in [6.07, 6.45) is 6.92. The second kappa shape index (κ2) is 6.83. The van der Waals surface area contributed by atoms with Gasteiger partial charge < -0.3 is 9.84 Å². The Kier molecular flexibility index (Phi) is 4.98. The minimum absolute atomic E-state index is 0.0800. The van der Waals surface area contributed by atoms with Gasteiger partial charge in [0.15, 0.2) is 0 Å². The van der Waals surface area contributed by atoms with Crippen molar-refractivity contribution in [1.82, 2.24) is 4.90 Å². The number of hydrogen-bond acceptors (Lipinski definition) is 4. The van der Waals surface area contributed by atoms with Crippen molar-refractivity contribution in [1.29, 1.82) is 0 Å². The Morgan fingerprint density at radius 2 is 1.91 bits per heavy atom. The van der Waals surface area contributed by atoms with Gasteiger partial charge in [-0.15, -0.1) is 5.92 Å². The average molecular weight is 319 g/mol. The van der Waals surface area contributed by atoms with Crippen LogP contribution in [0.5, 0.6) is 0 Å². The zero-order valence-electron chi connectivity index (χ0n) is 14.4. The lowest BCUT2D eigenvalue weighted by Crippen LogP contribution is -2.60. The molecule has 2 bridgehead atoms. The van der Waals surface area contributed by atoms with Crippen LogP contribution in [0.3, 0.4) is 0 Å². The van der Waals surface area contributed by atoms with Crippen molar-refractivity contribution in [3.8, 4) is 11.8 Å². The molecule has 4 heteroatoms. The maximum absolute atomic E-state index is 12.9. The average Bonchev–Trinajstić information content (AvgIpc) is 3.11. The zero-order valence-corrected chi connectivity index (χ0v) is 14.4. The van der Waals surface area contributed by atoms with E-state index >= 15 is 0 Å². The quantitative estimate of drug-likeness (QED) is 0.638. The van der Waals surface area contributed by atoms with E-state index < -0.39 is 11.6 Å². The van der Waals surface area contributed by atoms with Crippen LogP contribution in [-0.4, -0.2) is 46.8 Å². The van der Waals surface area contributed by atoms with E-state index in [4.69, 9.17) is 4.74 Å². The van der Waals surface area contributed by atoms with Gasteiger partial charge in [0.1, 0.15) is 6.10 Å². The topological polar surface area (TPSA) is 49.8 Å². The number of piperidine rings is 3. The molecular weight excluding hydrogens is 290 g/mol. The molecule has 3 heterocycles. The number of carbonyl (C=O) groups excluding carboxylic acids is 1. The fourth-order valence-corrected chi connectivity index (χ4v) is 4.83. The van der Waals surface area contributed by atoms with Crippen molar-refractivity contribution < 1.29 is 14.6 Å². The Balaban J connectivity index is 1.76. The first-order valence-corrected chi connectivity index (χ1v) is 9.21. The Bertz CT molecular complexity index is 494. The molecule has 1 aliphatic carbocycles. The molecule has 3 saturated heterocycles. The third-order valence-corrected chi connectivity index (χ3v) is 6.12. The van der Waals surface area contributed by atoms with Gasteiger partial charge >= 0.3 is 5.97 Å². The molecule has 0 aromatic rings.